The van der Waals surface area contributed by atoms with Crippen molar-refractivity contribution in [2.75, 3.05) is 39.4 Å². The smallest absolute Gasteiger partial charge is 0.0593 e. The molecular formula is C17H29BrN2O. The zero-order valence-corrected chi connectivity index (χ0v) is 15.2. The Kier molecular flexibility index (Phi) is 9.92. The van der Waals surface area contributed by atoms with Crippen LogP contribution in [0.15, 0.2) is 28.7 Å². The van der Waals surface area contributed by atoms with E-state index in [0.29, 0.717) is 6.04 Å². The molecule has 0 fully saturated rings. The summed E-state index contributed by atoms with van der Waals surface area (Å²) in [4.78, 5) is 2.46. The van der Waals surface area contributed by atoms with E-state index in [9.17, 15) is 0 Å². The Morgan fingerprint density at radius 1 is 1.19 bits per heavy atom. The van der Waals surface area contributed by atoms with Gasteiger partial charge in [-0.05, 0) is 38.1 Å². The van der Waals surface area contributed by atoms with Gasteiger partial charge in [-0.2, -0.15) is 0 Å². The van der Waals surface area contributed by atoms with Gasteiger partial charge >= 0.3 is 0 Å². The van der Waals surface area contributed by atoms with Gasteiger partial charge in [-0.25, -0.2) is 0 Å². The number of halogens is 1. The van der Waals surface area contributed by atoms with Gasteiger partial charge in [-0.15, -0.1) is 0 Å². The fourth-order valence-corrected chi connectivity index (χ4v) is 3.01. The third kappa shape index (κ3) is 6.92. The number of likely N-dealkylation sites (N-methyl/N-ethyl adjacent to an activating group) is 1. The zero-order chi connectivity index (χ0) is 15.5. The SMILES string of the molecule is CCNC(CCN(CC)CCOCC)c1ccccc1Br. The van der Waals surface area contributed by atoms with Crippen LogP contribution in [0.4, 0.5) is 0 Å². The first-order valence-electron chi connectivity index (χ1n) is 8.00. The molecule has 0 radical (unpaired) electrons. The Balaban J connectivity index is 2.56. The van der Waals surface area contributed by atoms with Crippen molar-refractivity contribution >= 4 is 15.9 Å². The van der Waals surface area contributed by atoms with Crippen LogP contribution in [0, 0.1) is 0 Å². The van der Waals surface area contributed by atoms with E-state index in [2.05, 4.69) is 64.3 Å². The summed E-state index contributed by atoms with van der Waals surface area (Å²) in [5.41, 5.74) is 1.35. The first-order chi connectivity index (χ1) is 10.2. The second-order valence-electron chi connectivity index (χ2n) is 5.05. The molecule has 0 aliphatic rings. The third-order valence-electron chi connectivity index (χ3n) is 3.67. The molecule has 1 aromatic carbocycles. The van der Waals surface area contributed by atoms with Gasteiger partial charge in [-0.1, -0.05) is 48.0 Å². The van der Waals surface area contributed by atoms with Crippen LogP contribution < -0.4 is 5.32 Å². The maximum Gasteiger partial charge on any atom is 0.0593 e. The summed E-state index contributed by atoms with van der Waals surface area (Å²) < 4.78 is 6.65. The second kappa shape index (κ2) is 11.2. The average molecular weight is 357 g/mol. The van der Waals surface area contributed by atoms with Gasteiger partial charge in [-0.3, -0.25) is 0 Å². The van der Waals surface area contributed by atoms with E-state index < -0.39 is 0 Å². The van der Waals surface area contributed by atoms with Crippen molar-refractivity contribution in [1.29, 1.82) is 0 Å². The molecule has 0 aliphatic carbocycles. The van der Waals surface area contributed by atoms with Crippen LogP contribution in [0.1, 0.15) is 38.8 Å². The van der Waals surface area contributed by atoms with Crippen molar-refractivity contribution in [3.8, 4) is 0 Å². The van der Waals surface area contributed by atoms with E-state index >= 15 is 0 Å². The fraction of sp³-hybridized carbons (Fsp3) is 0.647. The lowest BCUT2D eigenvalue weighted by Crippen LogP contribution is -2.32. The molecule has 0 aliphatic heterocycles. The predicted octanol–water partition coefficient (Wildman–Crippen LogP) is 3.85. The highest BCUT2D eigenvalue weighted by molar-refractivity contribution is 9.10. The van der Waals surface area contributed by atoms with Crippen molar-refractivity contribution in [2.24, 2.45) is 0 Å². The van der Waals surface area contributed by atoms with E-state index in [-0.39, 0.29) is 0 Å². The summed E-state index contributed by atoms with van der Waals surface area (Å²) in [6, 6.07) is 8.89. The second-order valence-corrected chi connectivity index (χ2v) is 5.91. The molecule has 0 heterocycles. The minimum atomic E-state index is 0.395. The number of benzene rings is 1. The molecule has 0 saturated carbocycles. The quantitative estimate of drug-likeness (QED) is 0.609. The van der Waals surface area contributed by atoms with Gasteiger partial charge in [0.25, 0.3) is 0 Å². The third-order valence-corrected chi connectivity index (χ3v) is 4.39. The Morgan fingerprint density at radius 2 is 1.95 bits per heavy atom. The summed E-state index contributed by atoms with van der Waals surface area (Å²) in [6.45, 7) is 12.2. The lowest BCUT2D eigenvalue weighted by molar-refractivity contribution is 0.113. The molecule has 0 saturated heterocycles. The Labute approximate surface area is 138 Å². The molecule has 1 aromatic rings. The first-order valence-corrected chi connectivity index (χ1v) is 8.80. The van der Waals surface area contributed by atoms with Crippen molar-refractivity contribution in [1.82, 2.24) is 10.2 Å². The van der Waals surface area contributed by atoms with Gasteiger partial charge in [0.1, 0.15) is 0 Å². The number of nitrogens with one attached hydrogen (secondary N) is 1. The molecule has 21 heavy (non-hydrogen) atoms. The minimum absolute atomic E-state index is 0.395. The zero-order valence-electron chi connectivity index (χ0n) is 13.6. The number of rotatable bonds is 11. The van der Waals surface area contributed by atoms with Crippen LogP contribution in [0.25, 0.3) is 0 Å². The normalized spacial score (nSPS) is 12.8. The minimum Gasteiger partial charge on any atom is -0.380 e. The van der Waals surface area contributed by atoms with Crippen LogP contribution in [-0.2, 0) is 4.74 Å². The van der Waals surface area contributed by atoms with Crippen molar-refractivity contribution in [2.45, 2.75) is 33.2 Å². The highest BCUT2D eigenvalue weighted by Crippen LogP contribution is 2.25. The Bertz CT molecular complexity index is 387. The summed E-state index contributed by atoms with van der Waals surface area (Å²) in [6.07, 6.45) is 1.11. The lowest BCUT2D eigenvalue weighted by atomic mass is 10.0. The number of hydrogen-bond acceptors (Lipinski definition) is 3. The summed E-state index contributed by atoms with van der Waals surface area (Å²) >= 11 is 3.67. The van der Waals surface area contributed by atoms with Crippen molar-refractivity contribution in [3.63, 3.8) is 0 Å². The summed E-state index contributed by atoms with van der Waals surface area (Å²) in [5, 5.41) is 3.60. The van der Waals surface area contributed by atoms with E-state index in [1.54, 1.807) is 0 Å². The Hall–Kier alpha value is -0.420. The highest BCUT2D eigenvalue weighted by Gasteiger charge is 2.14. The molecular weight excluding hydrogens is 328 g/mol. The molecule has 0 bridgehead atoms. The molecule has 1 unspecified atom stereocenters. The molecule has 1 atom stereocenters. The molecule has 0 amide bonds. The highest BCUT2D eigenvalue weighted by atomic mass is 79.9. The maximum atomic E-state index is 5.46. The van der Waals surface area contributed by atoms with E-state index in [0.717, 1.165) is 45.8 Å². The van der Waals surface area contributed by atoms with Crippen LogP contribution >= 0.6 is 15.9 Å². The summed E-state index contributed by atoms with van der Waals surface area (Å²) in [7, 11) is 0. The first kappa shape index (κ1) is 18.6. The van der Waals surface area contributed by atoms with E-state index in [1.165, 1.54) is 10.0 Å². The van der Waals surface area contributed by atoms with Crippen LogP contribution in [0.2, 0.25) is 0 Å². The van der Waals surface area contributed by atoms with Crippen molar-refractivity contribution < 1.29 is 4.74 Å². The average Bonchev–Trinajstić information content (AvgIpc) is 2.50. The van der Waals surface area contributed by atoms with E-state index in [4.69, 9.17) is 4.74 Å². The largest absolute Gasteiger partial charge is 0.380 e. The van der Waals surface area contributed by atoms with E-state index in [1.807, 2.05) is 6.92 Å². The monoisotopic (exact) mass is 356 g/mol. The van der Waals surface area contributed by atoms with Gasteiger partial charge in [0, 0.05) is 30.2 Å². The summed E-state index contributed by atoms with van der Waals surface area (Å²) in [5.74, 6) is 0. The fourth-order valence-electron chi connectivity index (χ4n) is 2.45. The molecule has 0 aromatic heterocycles. The number of hydrogen-bond donors (Lipinski definition) is 1. The van der Waals surface area contributed by atoms with Crippen molar-refractivity contribution in [3.05, 3.63) is 34.3 Å². The molecule has 120 valence electrons. The topological polar surface area (TPSA) is 24.5 Å². The van der Waals surface area contributed by atoms with Gasteiger partial charge < -0.3 is 15.0 Å². The standard InChI is InChI=1S/C17H29BrN2O/c1-4-19-17(15-9-7-8-10-16(15)18)11-12-20(5-2)13-14-21-6-3/h7-10,17,19H,4-6,11-14H2,1-3H3. The van der Waals surface area contributed by atoms with Crippen LogP contribution in [-0.4, -0.2) is 44.3 Å². The van der Waals surface area contributed by atoms with Crippen LogP contribution in [0.5, 0.6) is 0 Å². The molecule has 1 rings (SSSR count). The molecule has 3 nitrogen and oxygen atoms in total. The lowest BCUT2D eigenvalue weighted by Gasteiger charge is -2.25. The predicted molar refractivity (Wildman–Crippen MR) is 93.8 cm³/mol. The number of ether oxygens (including phenoxy) is 1. The Morgan fingerprint density at radius 3 is 2.57 bits per heavy atom. The van der Waals surface area contributed by atoms with Gasteiger partial charge in [0.2, 0.25) is 0 Å². The number of nitrogens with zero attached hydrogens (tertiary/aromatic N) is 1. The molecule has 0 spiro atoms. The maximum absolute atomic E-state index is 5.46. The molecule has 1 N–H and O–H groups in total. The molecule has 4 heteroatoms. The van der Waals surface area contributed by atoms with Gasteiger partial charge in [0.05, 0.1) is 6.61 Å². The van der Waals surface area contributed by atoms with Crippen LogP contribution in [0.3, 0.4) is 0 Å². The van der Waals surface area contributed by atoms with Gasteiger partial charge in [0.15, 0.2) is 0 Å².